The van der Waals surface area contributed by atoms with Gasteiger partial charge in [-0.05, 0) is 50.3 Å². The number of Topliss-reactive ketones (excluding diaryl/α,β-unsaturated/α-hetero) is 1. The molecule has 1 N–H and O–H groups in total. The van der Waals surface area contributed by atoms with Crippen LogP contribution in [0.3, 0.4) is 0 Å². The highest BCUT2D eigenvalue weighted by Crippen LogP contribution is 2.38. The third kappa shape index (κ3) is 4.74. The van der Waals surface area contributed by atoms with E-state index in [1.165, 1.54) is 12.8 Å². The Labute approximate surface area is 188 Å². The molecular weight excluding hydrogens is 412 g/mol. The maximum absolute atomic E-state index is 12.7. The molecule has 2 aromatic rings. The van der Waals surface area contributed by atoms with E-state index in [9.17, 15) is 4.79 Å². The molecule has 164 valence electrons. The van der Waals surface area contributed by atoms with Crippen LogP contribution in [0.25, 0.3) is 0 Å². The number of nitrogens with zero attached hydrogens (tertiary/aromatic N) is 1. The number of ketones is 1. The first-order valence-corrected chi connectivity index (χ1v) is 11.7. The number of carbonyl (C=O) groups excluding carboxylic acids is 1. The second-order valence-corrected chi connectivity index (χ2v) is 9.42. The van der Waals surface area contributed by atoms with E-state index < -0.39 is 0 Å². The molecule has 6 heteroatoms. The van der Waals surface area contributed by atoms with Crippen LogP contribution in [0, 0.1) is 5.92 Å². The predicted octanol–water partition coefficient (Wildman–Crippen LogP) is 4.20. The SMILES string of the molecule is O=C(CN1[C@@H]2CC[C@H]1CC(CNC[C@H]1COc3ccc(Cl)cc3O1)C2)c1ccccc1. The maximum Gasteiger partial charge on any atom is 0.176 e. The zero-order valence-electron chi connectivity index (χ0n) is 17.6. The summed E-state index contributed by atoms with van der Waals surface area (Å²) in [6, 6.07) is 16.2. The minimum atomic E-state index is -0.00808. The molecule has 2 saturated heterocycles. The van der Waals surface area contributed by atoms with Crippen LogP contribution >= 0.6 is 11.6 Å². The first-order chi connectivity index (χ1) is 15.2. The summed E-state index contributed by atoms with van der Waals surface area (Å²) in [5.74, 6) is 2.37. The van der Waals surface area contributed by atoms with Crippen molar-refractivity contribution in [1.82, 2.24) is 10.2 Å². The second-order valence-electron chi connectivity index (χ2n) is 8.98. The highest BCUT2D eigenvalue weighted by molar-refractivity contribution is 6.30. The maximum atomic E-state index is 12.7. The van der Waals surface area contributed by atoms with Crippen LogP contribution in [0.2, 0.25) is 5.02 Å². The number of piperidine rings is 1. The Kier molecular flexibility index (Phi) is 6.17. The molecule has 0 spiro atoms. The quantitative estimate of drug-likeness (QED) is 0.654. The highest BCUT2D eigenvalue weighted by Gasteiger charge is 2.41. The summed E-state index contributed by atoms with van der Waals surface area (Å²) >= 11 is 6.07. The van der Waals surface area contributed by atoms with E-state index in [4.69, 9.17) is 21.1 Å². The van der Waals surface area contributed by atoms with Crippen molar-refractivity contribution in [3.8, 4) is 11.5 Å². The number of halogens is 1. The molecule has 4 atom stereocenters. The van der Waals surface area contributed by atoms with Crippen LogP contribution in [0.1, 0.15) is 36.0 Å². The van der Waals surface area contributed by atoms with E-state index in [1.54, 1.807) is 0 Å². The Morgan fingerprint density at radius 3 is 2.58 bits per heavy atom. The molecule has 0 aliphatic carbocycles. The van der Waals surface area contributed by atoms with Crippen molar-refractivity contribution < 1.29 is 14.3 Å². The Hall–Kier alpha value is -2.08. The topological polar surface area (TPSA) is 50.8 Å². The molecule has 0 radical (unpaired) electrons. The lowest BCUT2D eigenvalue weighted by atomic mass is 9.90. The van der Waals surface area contributed by atoms with Crippen molar-refractivity contribution in [2.45, 2.75) is 43.9 Å². The van der Waals surface area contributed by atoms with Gasteiger partial charge in [0.2, 0.25) is 0 Å². The normalized spacial score (nSPS) is 27.3. The van der Waals surface area contributed by atoms with Crippen LogP contribution < -0.4 is 14.8 Å². The minimum absolute atomic E-state index is 0.00808. The molecule has 0 amide bonds. The Morgan fingerprint density at radius 1 is 1.03 bits per heavy atom. The summed E-state index contributed by atoms with van der Waals surface area (Å²) in [5, 5.41) is 4.25. The zero-order valence-corrected chi connectivity index (χ0v) is 18.4. The lowest BCUT2D eigenvalue weighted by Crippen LogP contribution is -2.48. The summed E-state index contributed by atoms with van der Waals surface area (Å²) in [6.45, 7) is 2.84. The van der Waals surface area contributed by atoms with E-state index in [-0.39, 0.29) is 11.9 Å². The van der Waals surface area contributed by atoms with Gasteiger partial charge in [0.25, 0.3) is 0 Å². The standard InChI is InChI=1S/C25H29ClN2O3/c26-19-6-9-24-25(12-19)31-22(16-30-24)14-27-13-17-10-20-7-8-21(11-17)28(20)15-23(29)18-4-2-1-3-5-18/h1-6,9,12,17,20-22,27H,7-8,10-11,13-16H2/t17?,20-,21+,22-/m0/s1. The molecule has 31 heavy (non-hydrogen) atoms. The molecule has 0 saturated carbocycles. The fraction of sp³-hybridized carbons (Fsp3) is 0.480. The highest BCUT2D eigenvalue weighted by atomic mass is 35.5. The number of hydrogen-bond donors (Lipinski definition) is 1. The van der Waals surface area contributed by atoms with Gasteiger partial charge in [0.15, 0.2) is 17.3 Å². The number of rotatable bonds is 7. The number of carbonyl (C=O) groups is 1. The van der Waals surface area contributed by atoms with Crippen LogP contribution in [0.4, 0.5) is 0 Å². The fourth-order valence-corrected chi connectivity index (χ4v) is 5.49. The van der Waals surface area contributed by atoms with Crippen molar-refractivity contribution in [3.05, 3.63) is 59.1 Å². The zero-order chi connectivity index (χ0) is 21.2. The molecule has 1 unspecified atom stereocenters. The van der Waals surface area contributed by atoms with E-state index in [2.05, 4.69) is 10.2 Å². The van der Waals surface area contributed by atoms with Gasteiger partial charge in [-0.2, -0.15) is 0 Å². The van der Waals surface area contributed by atoms with Crippen molar-refractivity contribution in [2.24, 2.45) is 5.92 Å². The van der Waals surface area contributed by atoms with Crippen LogP contribution in [0.5, 0.6) is 11.5 Å². The fourth-order valence-electron chi connectivity index (χ4n) is 5.33. The van der Waals surface area contributed by atoms with Crippen molar-refractivity contribution in [2.75, 3.05) is 26.2 Å². The minimum Gasteiger partial charge on any atom is -0.486 e. The Balaban J connectivity index is 1.09. The van der Waals surface area contributed by atoms with E-state index in [0.717, 1.165) is 43.0 Å². The van der Waals surface area contributed by atoms with Crippen LogP contribution in [0.15, 0.2) is 48.5 Å². The third-order valence-corrected chi connectivity index (χ3v) is 7.07. The van der Waals surface area contributed by atoms with Gasteiger partial charge in [0.1, 0.15) is 12.7 Å². The van der Waals surface area contributed by atoms with E-state index in [0.29, 0.717) is 36.2 Å². The summed E-state index contributed by atoms with van der Waals surface area (Å²) in [7, 11) is 0. The summed E-state index contributed by atoms with van der Waals surface area (Å²) in [5.41, 5.74) is 0.822. The second kappa shape index (κ2) is 9.19. The average Bonchev–Trinajstić information content (AvgIpc) is 3.01. The monoisotopic (exact) mass is 440 g/mol. The lowest BCUT2D eigenvalue weighted by molar-refractivity contribution is 0.0713. The van der Waals surface area contributed by atoms with E-state index >= 15 is 0 Å². The van der Waals surface area contributed by atoms with Crippen LogP contribution in [-0.4, -0.2) is 55.1 Å². The number of fused-ring (bicyclic) bond motifs is 3. The van der Waals surface area contributed by atoms with Gasteiger partial charge in [-0.25, -0.2) is 0 Å². The molecule has 2 bridgehead atoms. The molecule has 5 rings (SSSR count). The summed E-state index contributed by atoms with van der Waals surface area (Å²) in [4.78, 5) is 15.1. The van der Waals surface area contributed by atoms with Crippen LogP contribution in [-0.2, 0) is 0 Å². The van der Waals surface area contributed by atoms with Gasteiger partial charge in [-0.1, -0.05) is 41.9 Å². The number of nitrogens with one attached hydrogen (secondary N) is 1. The molecule has 5 nitrogen and oxygen atoms in total. The molecular formula is C25H29ClN2O3. The van der Waals surface area contributed by atoms with Crippen molar-refractivity contribution in [1.29, 1.82) is 0 Å². The Morgan fingerprint density at radius 2 is 1.81 bits per heavy atom. The van der Waals surface area contributed by atoms with Gasteiger partial charge in [0, 0.05) is 35.3 Å². The van der Waals surface area contributed by atoms with Gasteiger partial charge in [0.05, 0.1) is 6.54 Å². The molecule has 3 aliphatic heterocycles. The first-order valence-electron chi connectivity index (χ1n) is 11.3. The molecule has 0 aromatic heterocycles. The Bertz CT molecular complexity index is 908. The van der Waals surface area contributed by atoms with Gasteiger partial charge < -0.3 is 14.8 Å². The lowest BCUT2D eigenvalue weighted by Gasteiger charge is -2.39. The van der Waals surface area contributed by atoms with Gasteiger partial charge >= 0.3 is 0 Å². The third-order valence-electron chi connectivity index (χ3n) is 6.83. The largest absolute Gasteiger partial charge is 0.486 e. The van der Waals surface area contributed by atoms with Crippen molar-refractivity contribution >= 4 is 17.4 Å². The average molecular weight is 441 g/mol. The smallest absolute Gasteiger partial charge is 0.176 e. The molecule has 3 aliphatic rings. The summed E-state index contributed by atoms with van der Waals surface area (Å²) in [6.07, 6.45) is 4.73. The predicted molar refractivity (Wildman–Crippen MR) is 121 cm³/mol. The summed E-state index contributed by atoms with van der Waals surface area (Å²) < 4.78 is 11.8. The van der Waals surface area contributed by atoms with Gasteiger partial charge in [-0.3, -0.25) is 9.69 Å². The van der Waals surface area contributed by atoms with Crippen molar-refractivity contribution in [3.63, 3.8) is 0 Å². The first kappa shape index (κ1) is 20.8. The molecule has 2 fully saturated rings. The molecule has 3 heterocycles. The van der Waals surface area contributed by atoms with E-state index in [1.807, 2.05) is 48.5 Å². The van der Waals surface area contributed by atoms with Gasteiger partial charge in [-0.15, -0.1) is 0 Å². The number of hydrogen-bond acceptors (Lipinski definition) is 5. The number of benzene rings is 2. The molecule has 2 aromatic carbocycles. The number of ether oxygens (including phenoxy) is 2.